The largest absolute Gasteiger partial charge is 0.351 e. The van der Waals surface area contributed by atoms with Crippen LogP contribution in [-0.4, -0.2) is 28.8 Å². The summed E-state index contributed by atoms with van der Waals surface area (Å²) in [4.78, 5) is 26.4. The number of benzene rings is 1. The van der Waals surface area contributed by atoms with Crippen molar-refractivity contribution in [3.63, 3.8) is 0 Å². The topological polar surface area (TPSA) is 54.3 Å². The van der Waals surface area contributed by atoms with Gasteiger partial charge in [-0.05, 0) is 59.7 Å². The number of likely N-dealkylation sites (N-methyl/N-ethyl adjacent to an activating group) is 1. The first-order valence-corrected chi connectivity index (χ1v) is 8.71. The molecule has 1 atom stereocenters. The van der Waals surface area contributed by atoms with Crippen LogP contribution in [0.1, 0.15) is 24.4 Å². The first kappa shape index (κ1) is 16.9. The zero-order valence-corrected chi connectivity index (χ0v) is 15.3. The fraction of sp³-hybridized carbons (Fsp3) is 0.333. The van der Waals surface area contributed by atoms with Gasteiger partial charge in [0, 0.05) is 29.8 Å². The van der Waals surface area contributed by atoms with E-state index in [0.717, 1.165) is 28.7 Å². The number of rotatable bonds is 3. The van der Waals surface area contributed by atoms with Crippen molar-refractivity contribution in [3.05, 3.63) is 56.9 Å². The van der Waals surface area contributed by atoms with Gasteiger partial charge < -0.3 is 9.88 Å². The fourth-order valence-corrected chi connectivity index (χ4v) is 3.66. The Morgan fingerprint density at radius 2 is 1.88 bits per heavy atom. The summed E-state index contributed by atoms with van der Waals surface area (Å²) in [6, 6.07) is 9.32. The number of hydrogen-bond acceptors (Lipinski definition) is 4. The molecule has 2 aromatic rings. The molecule has 1 fully saturated rings. The van der Waals surface area contributed by atoms with Crippen molar-refractivity contribution in [2.45, 2.75) is 18.9 Å². The molecule has 2 heterocycles. The molecule has 1 aromatic heterocycles. The van der Waals surface area contributed by atoms with Gasteiger partial charge in [-0.25, -0.2) is 0 Å². The van der Waals surface area contributed by atoms with Crippen LogP contribution in [0.2, 0.25) is 0 Å². The number of halogens is 1. The molecule has 0 amide bonds. The molecule has 1 aromatic carbocycles. The van der Waals surface area contributed by atoms with E-state index in [9.17, 15) is 9.59 Å². The maximum absolute atomic E-state index is 12.2. The van der Waals surface area contributed by atoms with E-state index in [2.05, 4.69) is 26.1 Å². The summed E-state index contributed by atoms with van der Waals surface area (Å²) in [5, 5.41) is 3.14. The Morgan fingerprint density at radius 1 is 1.17 bits per heavy atom. The van der Waals surface area contributed by atoms with Crippen LogP contribution in [0.3, 0.4) is 0 Å². The standard InChI is InChI=1S/C18H20BrN3O2/c1-21-9-3-4-16(23)17(21)12-5-7-14(8-6-12)20-15-10-13(19)11-22(2)18(15)24/h5-8,10-11,17,20H,3-4,9H2,1-2H3. The van der Waals surface area contributed by atoms with Crippen LogP contribution in [0.4, 0.5) is 11.4 Å². The highest BCUT2D eigenvalue weighted by Gasteiger charge is 2.28. The Labute approximate surface area is 149 Å². The molecule has 24 heavy (non-hydrogen) atoms. The van der Waals surface area contributed by atoms with E-state index in [0.29, 0.717) is 12.1 Å². The van der Waals surface area contributed by atoms with Gasteiger partial charge in [0.05, 0.1) is 6.04 Å². The van der Waals surface area contributed by atoms with E-state index < -0.39 is 0 Å². The molecule has 0 radical (unpaired) electrons. The van der Waals surface area contributed by atoms with E-state index in [1.54, 1.807) is 19.3 Å². The SMILES string of the molecule is CN1CCCC(=O)C1c1ccc(Nc2cc(Br)cn(C)c2=O)cc1. The Bertz CT molecular complexity index is 814. The average Bonchev–Trinajstić information content (AvgIpc) is 2.53. The highest BCUT2D eigenvalue weighted by atomic mass is 79.9. The number of anilines is 2. The van der Waals surface area contributed by atoms with Gasteiger partial charge in [0.25, 0.3) is 5.56 Å². The number of Topliss-reactive ketones (excluding diaryl/α,β-unsaturated/α-hetero) is 1. The Hall–Kier alpha value is -1.92. The molecule has 1 aliphatic rings. The summed E-state index contributed by atoms with van der Waals surface area (Å²) in [5.41, 5.74) is 2.23. The minimum Gasteiger partial charge on any atom is -0.351 e. The molecular formula is C18H20BrN3O2. The van der Waals surface area contributed by atoms with Crippen molar-refractivity contribution in [1.82, 2.24) is 9.47 Å². The summed E-state index contributed by atoms with van der Waals surface area (Å²) in [6.45, 7) is 0.935. The average molecular weight is 390 g/mol. The molecule has 126 valence electrons. The number of ketones is 1. The van der Waals surface area contributed by atoms with Crippen LogP contribution in [0.5, 0.6) is 0 Å². The first-order valence-electron chi connectivity index (χ1n) is 7.92. The van der Waals surface area contributed by atoms with E-state index >= 15 is 0 Å². The van der Waals surface area contributed by atoms with Gasteiger partial charge in [0.15, 0.2) is 5.78 Å². The molecule has 1 aliphatic heterocycles. The number of aromatic nitrogens is 1. The Kier molecular flexibility index (Phi) is 4.87. The summed E-state index contributed by atoms with van der Waals surface area (Å²) in [6.07, 6.45) is 3.29. The van der Waals surface area contributed by atoms with Crippen LogP contribution in [0.15, 0.2) is 45.8 Å². The summed E-state index contributed by atoms with van der Waals surface area (Å²) < 4.78 is 2.36. The predicted molar refractivity (Wildman–Crippen MR) is 98.7 cm³/mol. The van der Waals surface area contributed by atoms with Crippen molar-refractivity contribution in [3.8, 4) is 0 Å². The minimum atomic E-state index is -0.161. The first-order chi connectivity index (χ1) is 11.5. The highest BCUT2D eigenvalue weighted by Crippen LogP contribution is 2.28. The molecule has 0 spiro atoms. The second kappa shape index (κ2) is 6.91. The zero-order chi connectivity index (χ0) is 17.3. The van der Waals surface area contributed by atoms with Gasteiger partial charge in [0.2, 0.25) is 0 Å². The number of piperidine rings is 1. The number of hydrogen-bond donors (Lipinski definition) is 1. The van der Waals surface area contributed by atoms with Gasteiger partial charge in [-0.15, -0.1) is 0 Å². The lowest BCUT2D eigenvalue weighted by Crippen LogP contribution is -2.36. The normalized spacial score (nSPS) is 18.6. The van der Waals surface area contributed by atoms with Crippen molar-refractivity contribution >= 4 is 33.1 Å². The van der Waals surface area contributed by atoms with Crippen LogP contribution in [-0.2, 0) is 11.8 Å². The molecule has 1 N–H and O–H groups in total. The molecule has 5 nitrogen and oxygen atoms in total. The molecular weight excluding hydrogens is 370 g/mol. The molecule has 6 heteroatoms. The van der Waals surface area contributed by atoms with Gasteiger partial charge in [-0.1, -0.05) is 12.1 Å². The molecule has 1 unspecified atom stereocenters. The van der Waals surface area contributed by atoms with E-state index in [1.807, 2.05) is 31.3 Å². The van der Waals surface area contributed by atoms with Gasteiger partial charge in [-0.3, -0.25) is 14.5 Å². The predicted octanol–water partition coefficient (Wildman–Crippen LogP) is 3.23. The lowest BCUT2D eigenvalue weighted by atomic mass is 9.94. The van der Waals surface area contributed by atoms with Crippen LogP contribution in [0, 0.1) is 0 Å². The number of carbonyl (C=O) groups is 1. The number of aryl methyl sites for hydroxylation is 1. The second-order valence-corrected chi connectivity index (χ2v) is 7.10. The smallest absolute Gasteiger partial charge is 0.274 e. The fourth-order valence-electron chi connectivity index (χ4n) is 3.12. The van der Waals surface area contributed by atoms with Crippen molar-refractivity contribution in [1.29, 1.82) is 0 Å². The number of pyridine rings is 1. The molecule has 0 aliphatic carbocycles. The minimum absolute atomic E-state index is 0.0931. The summed E-state index contributed by atoms with van der Waals surface area (Å²) >= 11 is 3.39. The quantitative estimate of drug-likeness (QED) is 0.875. The second-order valence-electron chi connectivity index (χ2n) is 6.19. The number of likely N-dealkylation sites (tertiary alicyclic amines) is 1. The van der Waals surface area contributed by atoms with E-state index in [4.69, 9.17) is 0 Å². The summed E-state index contributed by atoms with van der Waals surface area (Å²) in [7, 11) is 3.70. The van der Waals surface area contributed by atoms with Gasteiger partial charge in [-0.2, -0.15) is 0 Å². The number of nitrogens with one attached hydrogen (secondary N) is 1. The van der Waals surface area contributed by atoms with Crippen LogP contribution >= 0.6 is 15.9 Å². The summed E-state index contributed by atoms with van der Waals surface area (Å²) in [5.74, 6) is 0.269. The maximum atomic E-state index is 12.2. The third-order valence-corrected chi connectivity index (χ3v) is 4.77. The van der Waals surface area contributed by atoms with Crippen molar-refractivity contribution in [2.24, 2.45) is 7.05 Å². The van der Waals surface area contributed by atoms with Crippen molar-refractivity contribution in [2.75, 3.05) is 18.9 Å². The third-order valence-electron chi connectivity index (χ3n) is 4.34. The van der Waals surface area contributed by atoms with Crippen molar-refractivity contribution < 1.29 is 4.79 Å². The molecule has 3 rings (SSSR count). The van der Waals surface area contributed by atoms with Gasteiger partial charge in [0.1, 0.15) is 5.69 Å². The molecule has 1 saturated heterocycles. The Morgan fingerprint density at radius 3 is 2.54 bits per heavy atom. The highest BCUT2D eigenvalue weighted by molar-refractivity contribution is 9.10. The van der Waals surface area contributed by atoms with Crippen LogP contribution < -0.4 is 10.9 Å². The lowest BCUT2D eigenvalue weighted by molar-refractivity contribution is -0.126. The maximum Gasteiger partial charge on any atom is 0.274 e. The molecule has 0 saturated carbocycles. The van der Waals surface area contributed by atoms with Crippen LogP contribution in [0.25, 0.3) is 0 Å². The number of carbonyl (C=O) groups excluding carboxylic acids is 1. The number of nitrogens with zero attached hydrogens (tertiary/aromatic N) is 2. The lowest BCUT2D eigenvalue weighted by Gasteiger charge is -2.31. The van der Waals surface area contributed by atoms with E-state index in [-0.39, 0.29) is 17.4 Å². The van der Waals surface area contributed by atoms with E-state index in [1.165, 1.54) is 4.57 Å². The zero-order valence-electron chi connectivity index (χ0n) is 13.8. The Balaban J connectivity index is 1.83. The monoisotopic (exact) mass is 389 g/mol. The van der Waals surface area contributed by atoms with Gasteiger partial charge >= 0.3 is 0 Å². The molecule has 0 bridgehead atoms. The third kappa shape index (κ3) is 3.44.